The second kappa shape index (κ2) is 14.4. The molecule has 1 atom stereocenters. The van der Waals surface area contributed by atoms with Gasteiger partial charge in [-0.3, -0.25) is 14.6 Å². The molecule has 1 unspecified atom stereocenters. The first-order valence-corrected chi connectivity index (χ1v) is 14.7. The number of rotatable bonds is 13. The third-order valence-electron chi connectivity index (χ3n) is 7.37. The summed E-state index contributed by atoms with van der Waals surface area (Å²) in [7, 11) is 1.58. The summed E-state index contributed by atoms with van der Waals surface area (Å²) in [5, 5.41) is 21.6. The Morgan fingerprint density at radius 3 is 2.77 bits per heavy atom. The highest BCUT2D eigenvalue weighted by atomic mass is 35.5. The number of aliphatic hydroxyl groups excluding tert-OH is 1. The number of imidazole rings is 1. The van der Waals surface area contributed by atoms with Crippen LogP contribution in [0.4, 0.5) is 5.69 Å². The van der Waals surface area contributed by atoms with Gasteiger partial charge in [-0.05, 0) is 37.1 Å². The van der Waals surface area contributed by atoms with E-state index in [9.17, 15) is 9.59 Å². The number of benzene rings is 1. The van der Waals surface area contributed by atoms with Crippen molar-refractivity contribution in [3.8, 4) is 28.4 Å². The average Bonchev–Trinajstić information content (AvgIpc) is 3.68. The van der Waals surface area contributed by atoms with Gasteiger partial charge < -0.3 is 36.1 Å². The molecule has 230 valence electrons. The molecule has 4 aromatic rings. The zero-order chi connectivity index (χ0) is 31.1. The molecule has 2 amide bonds. The molecule has 44 heavy (non-hydrogen) atoms. The molecule has 4 heterocycles. The summed E-state index contributed by atoms with van der Waals surface area (Å²) >= 11 is 6.95. The highest BCUT2D eigenvalue weighted by molar-refractivity contribution is 6.35. The van der Waals surface area contributed by atoms with Gasteiger partial charge in [0.1, 0.15) is 0 Å². The first-order chi connectivity index (χ1) is 21.4. The first kappa shape index (κ1) is 31.1. The van der Waals surface area contributed by atoms with E-state index in [0.29, 0.717) is 66.1 Å². The average molecular weight is 619 g/mol. The van der Waals surface area contributed by atoms with Crippen LogP contribution < -0.4 is 26.0 Å². The summed E-state index contributed by atoms with van der Waals surface area (Å²) < 4.78 is 5.60. The fourth-order valence-electron chi connectivity index (χ4n) is 5.05. The van der Waals surface area contributed by atoms with E-state index in [-0.39, 0.29) is 30.3 Å². The van der Waals surface area contributed by atoms with Gasteiger partial charge in [-0.1, -0.05) is 29.8 Å². The molecule has 5 rings (SSSR count). The van der Waals surface area contributed by atoms with Gasteiger partial charge in [0.05, 0.1) is 36.3 Å². The van der Waals surface area contributed by atoms with Crippen LogP contribution in [0.25, 0.3) is 22.5 Å². The van der Waals surface area contributed by atoms with Crippen LogP contribution in [0.2, 0.25) is 5.02 Å². The van der Waals surface area contributed by atoms with E-state index < -0.39 is 0 Å². The van der Waals surface area contributed by atoms with Gasteiger partial charge in [0.15, 0.2) is 5.82 Å². The second-order valence-corrected chi connectivity index (χ2v) is 10.8. The lowest BCUT2D eigenvalue weighted by Gasteiger charge is -2.15. The summed E-state index contributed by atoms with van der Waals surface area (Å²) in [6.45, 7) is 4.02. The Labute approximate surface area is 260 Å². The fraction of sp³-hybridized carbons (Fsp3) is 0.323. The molecule has 12 nitrogen and oxygen atoms in total. The van der Waals surface area contributed by atoms with Crippen molar-refractivity contribution in [2.75, 3.05) is 32.1 Å². The number of aliphatic hydroxyl groups is 1. The number of H-pyrrole nitrogens is 1. The van der Waals surface area contributed by atoms with Crippen molar-refractivity contribution in [1.82, 2.24) is 35.9 Å². The third-order valence-corrected chi connectivity index (χ3v) is 7.76. The zero-order valence-electron chi connectivity index (χ0n) is 24.5. The SMILES string of the molecule is COc1nc(-c2ccnc(-c3cccc(NC(=O)c4ncc(CNCCO)[nH]4)c3C)c2Cl)ccc1CNCC1CCC(=O)N1. The van der Waals surface area contributed by atoms with E-state index >= 15 is 0 Å². The lowest BCUT2D eigenvalue weighted by atomic mass is 10.0. The normalized spacial score (nSPS) is 14.5. The van der Waals surface area contributed by atoms with Crippen LogP contribution in [0.3, 0.4) is 0 Å². The molecule has 1 aliphatic rings. The summed E-state index contributed by atoms with van der Waals surface area (Å²) in [5.74, 6) is 0.363. The van der Waals surface area contributed by atoms with Crippen molar-refractivity contribution < 1.29 is 19.4 Å². The number of amides is 2. The standard InChI is InChI=1S/C31H35ClN8O4/c1-18-22(4-3-5-24(18)39-30(43)29-36-17-21(38-29)16-33-12-13-41)28-27(32)23(10-11-35-28)25-8-6-19(31(40-25)44-2)14-34-15-20-7-9-26(42)37-20/h3-6,8,10-11,17,20,33-34,41H,7,9,12-16H2,1-2H3,(H,36,38)(H,37,42)(H,39,43). The van der Waals surface area contributed by atoms with Crippen molar-refractivity contribution in [2.24, 2.45) is 0 Å². The monoisotopic (exact) mass is 618 g/mol. The van der Waals surface area contributed by atoms with Gasteiger partial charge in [0.25, 0.3) is 5.91 Å². The van der Waals surface area contributed by atoms with E-state index in [2.05, 4.69) is 36.2 Å². The minimum absolute atomic E-state index is 0.0255. The Morgan fingerprint density at radius 1 is 1.14 bits per heavy atom. The quantitative estimate of drug-likeness (QED) is 0.123. The molecule has 1 aliphatic heterocycles. The maximum absolute atomic E-state index is 12.9. The minimum atomic E-state index is -0.384. The maximum atomic E-state index is 12.9. The lowest BCUT2D eigenvalue weighted by molar-refractivity contribution is -0.119. The second-order valence-electron chi connectivity index (χ2n) is 10.4. The number of anilines is 1. The molecule has 0 aliphatic carbocycles. The van der Waals surface area contributed by atoms with Gasteiger partial charge in [-0.25, -0.2) is 9.97 Å². The maximum Gasteiger partial charge on any atom is 0.291 e. The minimum Gasteiger partial charge on any atom is -0.481 e. The number of hydrogen-bond donors (Lipinski definition) is 6. The van der Waals surface area contributed by atoms with Crippen LogP contribution in [-0.4, -0.2) is 69.7 Å². The first-order valence-electron chi connectivity index (χ1n) is 14.3. The summed E-state index contributed by atoms with van der Waals surface area (Å²) in [5.41, 5.74) is 5.63. The lowest BCUT2D eigenvalue weighted by Crippen LogP contribution is -2.35. The van der Waals surface area contributed by atoms with E-state index in [4.69, 9.17) is 26.4 Å². The van der Waals surface area contributed by atoms with Crippen molar-refractivity contribution in [3.05, 3.63) is 76.5 Å². The largest absolute Gasteiger partial charge is 0.481 e. The predicted molar refractivity (Wildman–Crippen MR) is 167 cm³/mol. The van der Waals surface area contributed by atoms with Gasteiger partial charge in [0, 0.05) is 72.9 Å². The molecule has 3 aromatic heterocycles. The van der Waals surface area contributed by atoms with E-state index in [0.717, 1.165) is 28.8 Å². The van der Waals surface area contributed by atoms with Crippen molar-refractivity contribution in [1.29, 1.82) is 0 Å². The number of carbonyl (C=O) groups excluding carboxylic acids is 2. The van der Waals surface area contributed by atoms with E-state index in [1.807, 2.05) is 31.2 Å². The number of nitrogens with zero attached hydrogens (tertiary/aromatic N) is 3. The Hall–Kier alpha value is -4.36. The number of aromatic amines is 1. The zero-order valence-corrected chi connectivity index (χ0v) is 25.3. The molecule has 0 bridgehead atoms. The molecule has 0 radical (unpaired) electrons. The Morgan fingerprint density at radius 2 is 2.00 bits per heavy atom. The molecular weight excluding hydrogens is 584 g/mol. The predicted octanol–water partition coefficient (Wildman–Crippen LogP) is 3.21. The van der Waals surface area contributed by atoms with Crippen LogP contribution in [0.1, 0.15) is 40.3 Å². The van der Waals surface area contributed by atoms with Crippen LogP contribution in [0.5, 0.6) is 5.88 Å². The van der Waals surface area contributed by atoms with Crippen LogP contribution in [-0.2, 0) is 17.9 Å². The van der Waals surface area contributed by atoms with Gasteiger partial charge in [-0.2, -0.15) is 0 Å². The van der Waals surface area contributed by atoms with Gasteiger partial charge in [-0.15, -0.1) is 0 Å². The van der Waals surface area contributed by atoms with Crippen LogP contribution in [0, 0.1) is 6.92 Å². The number of hydrogen-bond acceptors (Lipinski definition) is 9. The third kappa shape index (κ3) is 7.22. The number of aromatic nitrogens is 4. The van der Waals surface area contributed by atoms with Crippen molar-refractivity contribution in [2.45, 2.75) is 38.9 Å². The highest BCUT2D eigenvalue weighted by Crippen LogP contribution is 2.38. The van der Waals surface area contributed by atoms with E-state index in [1.165, 1.54) is 0 Å². The topological polar surface area (TPSA) is 166 Å². The van der Waals surface area contributed by atoms with Gasteiger partial charge in [0.2, 0.25) is 11.8 Å². The molecule has 13 heteroatoms. The molecule has 0 saturated carbocycles. The van der Waals surface area contributed by atoms with Crippen molar-refractivity contribution >= 4 is 29.1 Å². The number of pyridine rings is 2. The number of methoxy groups -OCH3 is 1. The molecule has 0 spiro atoms. The van der Waals surface area contributed by atoms with Crippen LogP contribution in [0.15, 0.2) is 48.8 Å². The Bertz CT molecular complexity index is 1640. The summed E-state index contributed by atoms with van der Waals surface area (Å²) in [6, 6.07) is 11.3. The molecule has 1 saturated heterocycles. The summed E-state index contributed by atoms with van der Waals surface area (Å²) in [6.07, 6.45) is 4.65. The molecule has 1 aromatic carbocycles. The van der Waals surface area contributed by atoms with Crippen LogP contribution >= 0.6 is 11.6 Å². The number of carbonyl (C=O) groups is 2. The van der Waals surface area contributed by atoms with Crippen molar-refractivity contribution in [3.63, 3.8) is 0 Å². The number of halogens is 1. The van der Waals surface area contributed by atoms with Gasteiger partial charge >= 0.3 is 0 Å². The smallest absolute Gasteiger partial charge is 0.291 e. The fourth-order valence-corrected chi connectivity index (χ4v) is 5.36. The number of nitrogens with one attached hydrogen (secondary N) is 5. The molecule has 6 N–H and O–H groups in total. The molecule has 1 fully saturated rings. The van der Waals surface area contributed by atoms with E-state index in [1.54, 1.807) is 31.6 Å². The molecular formula is C31H35ClN8O4. The Balaban J connectivity index is 1.32. The summed E-state index contributed by atoms with van der Waals surface area (Å²) in [4.78, 5) is 40.9. The highest BCUT2D eigenvalue weighted by Gasteiger charge is 2.21. The number of ether oxygens (including phenoxy) is 1. The Kier molecular flexibility index (Phi) is 10.2.